The van der Waals surface area contributed by atoms with Gasteiger partial charge in [0, 0.05) is 41.8 Å². The number of hydrogen-bond donors (Lipinski definition) is 1. The highest BCUT2D eigenvalue weighted by Crippen LogP contribution is 2.34. The van der Waals surface area contributed by atoms with Gasteiger partial charge in [0.1, 0.15) is 11.9 Å². The number of nitrogens with one attached hydrogen (secondary N) is 1. The highest BCUT2D eigenvalue weighted by Gasteiger charge is 2.36. The minimum Gasteiger partial charge on any atom is -0.351 e. The molecule has 1 heterocycles. The molecule has 194 valence electrons. The van der Waals surface area contributed by atoms with E-state index in [9.17, 15) is 22.4 Å². The maximum absolute atomic E-state index is 14.3. The predicted octanol–water partition coefficient (Wildman–Crippen LogP) is 4.43. The summed E-state index contributed by atoms with van der Waals surface area (Å²) < 4.78 is 40.1. The zero-order chi connectivity index (χ0) is 25.7. The Bertz CT molecular complexity index is 1200. The van der Waals surface area contributed by atoms with Crippen LogP contribution in [0.25, 0.3) is 0 Å². The molecule has 4 rings (SSSR count). The van der Waals surface area contributed by atoms with E-state index < -0.39 is 33.7 Å². The Morgan fingerprint density at radius 1 is 1.08 bits per heavy atom. The van der Waals surface area contributed by atoms with Gasteiger partial charge in [-0.05, 0) is 43.5 Å². The van der Waals surface area contributed by atoms with Crippen molar-refractivity contribution in [3.8, 4) is 0 Å². The van der Waals surface area contributed by atoms with Crippen LogP contribution in [0, 0.1) is 5.82 Å². The molecule has 7 nitrogen and oxygen atoms in total. The summed E-state index contributed by atoms with van der Waals surface area (Å²) in [6.45, 7) is 1.00. The first-order valence-corrected chi connectivity index (χ1v) is 14.4. The largest absolute Gasteiger partial charge is 0.351 e. The van der Waals surface area contributed by atoms with Gasteiger partial charge in [0.2, 0.25) is 21.8 Å². The summed E-state index contributed by atoms with van der Waals surface area (Å²) in [4.78, 5) is 28.6. The van der Waals surface area contributed by atoms with Gasteiger partial charge in [0.25, 0.3) is 0 Å². The van der Waals surface area contributed by atoms with Gasteiger partial charge in [-0.2, -0.15) is 4.31 Å². The lowest BCUT2D eigenvalue weighted by atomic mass is 9.94. The number of rotatable bonds is 10. The summed E-state index contributed by atoms with van der Waals surface area (Å²) in [7, 11) is -3.39. The fraction of sp³-hybridized carbons (Fsp3) is 0.462. The Balaban J connectivity index is 1.66. The predicted molar refractivity (Wildman–Crippen MR) is 138 cm³/mol. The van der Waals surface area contributed by atoms with Gasteiger partial charge in [-0.3, -0.25) is 14.5 Å². The third kappa shape index (κ3) is 6.63. The number of nitrogens with zero attached hydrogens (tertiary/aromatic N) is 2. The Labute approximate surface area is 216 Å². The molecule has 2 aromatic carbocycles. The minimum absolute atomic E-state index is 0.0153. The molecular weight excluding hydrogens is 505 g/mol. The smallest absolute Gasteiger partial charge is 0.248 e. The average molecular weight is 536 g/mol. The molecule has 1 saturated heterocycles. The molecule has 2 aliphatic rings. The first kappa shape index (κ1) is 26.6. The van der Waals surface area contributed by atoms with Crippen LogP contribution in [0.2, 0.25) is 5.02 Å². The zero-order valence-electron chi connectivity index (χ0n) is 20.0. The molecule has 2 fully saturated rings. The molecule has 1 N–H and O–H groups in total. The van der Waals surface area contributed by atoms with Gasteiger partial charge in [-0.15, -0.1) is 0 Å². The molecular formula is C26H31ClFN3O4S. The standard InChI is InChI=1S/C26H31ClFN3O4S/c27-23-13-5-4-12-22(23)25(26(33)29-20-9-2-1-3-10-20)31(21-11-6-8-19(28)18-21)24(32)14-7-17-36(34,35)30-15-16-30/h4-6,8,11-13,18,20,25H,1-3,7,9-10,14-17H2,(H,29,33). The molecule has 1 aliphatic carbocycles. The van der Waals surface area contributed by atoms with Crippen LogP contribution in [0.1, 0.15) is 56.6 Å². The van der Waals surface area contributed by atoms with Crippen LogP contribution >= 0.6 is 11.6 Å². The summed E-state index contributed by atoms with van der Waals surface area (Å²) in [5, 5.41) is 3.39. The fourth-order valence-corrected chi connectivity index (χ4v) is 6.30. The van der Waals surface area contributed by atoms with E-state index in [2.05, 4.69) is 5.32 Å². The highest BCUT2D eigenvalue weighted by atomic mass is 35.5. The van der Waals surface area contributed by atoms with Crippen LogP contribution in [0.4, 0.5) is 10.1 Å². The van der Waals surface area contributed by atoms with Crippen LogP contribution in [-0.2, 0) is 19.6 Å². The lowest BCUT2D eigenvalue weighted by Gasteiger charge is -2.34. The third-order valence-corrected chi connectivity index (χ3v) is 8.91. The van der Waals surface area contributed by atoms with Crippen molar-refractivity contribution in [1.82, 2.24) is 9.62 Å². The van der Waals surface area contributed by atoms with Crippen molar-refractivity contribution in [3.63, 3.8) is 0 Å². The first-order chi connectivity index (χ1) is 17.3. The van der Waals surface area contributed by atoms with E-state index in [4.69, 9.17) is 11.6 Å². The summed E-state index contributed by atoms with van der Waals surface area (Å²) in [6.07, 6.45) is 4.81. The van der Waals surface area contributed by atoms with Gasteiger partial charge in [-0.1, -0.05) is 55.1 Å². The Hall–Kier alpha value is -2.49. The van der Waals surface area contributed by atoms with E-state index in [0.717, 1.165) is 32.1 Å². The minimum atomic E-state index is -3.39. The van der Waals surface area contributed by atoms with Crippen LogP contribution in [-0.4, -0.2) is 49.4 Å². The lowest BCUT2D eigenvalue weighted by molar-refractivity contribution is -0.127. The average Bonchev–Trinajstić information content (AvgIpc) is 3.70. The molecule has 1 atom stereocenters. The van der Waals surface area contributed by atoms with Crippen molar-refractivity contribution >= 4 is 39.1 Å². The molecule has 36 heavy (non-hydrogen) atoms. The molecule has 1 saturated carbocycles. The van der Waals surface area contributed by atoms with Crippen molar-refractivity contribution in [2.75, 3.05) is 23.7 Å². The summed E-state index contributed by atoms with van der Waals surface area (Å²) in [6, 6.07) is 11.1. The van der Waals surface area contributed by atoms with Crippen molar-refractivity contribution in [2.24, 2.45) is 0 Å². The van der Waals surface area contributed by atoms with E-state index in [0.29, 0.717) is 23.7 Å². The molecule has 0 aromatic heterocycles. The maximum Gasteiger partial charge on any atom is 0.248 e. The quantitative estimate of drug-likeness (QED) is 0.456. The lowest BCUT2D eigenvalue weighted by Crippen LogP contribution is -2.47. The number of carbonyl (C=O) groups is 2. The van der Waals surface area contributed by atoms with Gasteiger partial charge in [-0.25, -0.2) is 12.8 Å². The Morgan fingerprint density at radius 3 is 2.47 bits per heavy atom. The van der Waals surface area contributed by atoms with E-state index in [1.807, 2.05) is 0 Å². The van der Waals surface area contributed by atoms with Crippen molar-refractivity contribution in [2.45, 2.75) is 57.0 Å². The molecule has 1 unspecified atom stereocenters. The molecule has 0 radical (unpaired) electrons. The number of halogens is 2. The maximum atomic E-state index is 14.3. The van der Waals surface area contributed by atoms with Gasteiger partial charge in [0.05, 0.1) is 5.75 Å². The Kier molecular flexibility index (Phi) is 8.64. The third-order valence-electron chi connectivity index (χ3n) is 6.61. The van der Waals surface area contributed by atoms with E-state index in [-0.39, 0.29) is 30.3 Å². The summed E-state index contributed by atoms with van der Waals surface area (Å²) >= 11 is 6.50. The van der Waals surface area contributed by atoms with Crippen LogP contribution in [0.3, 0.4) is 0 Å². The van der Waals surface area contributed by atoms with E-state index >= 15 is 0 Å². The number of carbonyl (C=O) groups excluding carboxylic acids is 2. The molecule has 2 aromatic rings. The normalized spacial score (nSPS) is 17.4. The summed E-state index contributed by atoms with van der Waals surface area (Å²) in [5.41, 5.74) is 0.624. The molecule has 0 bridgehead atoms. The van der Waals surface area contributed by atoms with Crippen LogP contribution < -0.4 is 10.2 Å². The SMILES string of the molecule is O=C(NC1CCCCC1)C(c1ccccc1Cl)N(C(=O)CCCS(=O)(=O)N1CC1)c1cccc(F)c1. The fourth-order valence-electron chi connectivity index (χ4n) is 4.66. The second-order valence-electron chi connectivity index (χ2n) is 9.33. The van der Waals surface area contributed by atoms with Gasteiger partial charge in [0.15, 0.2) is 0 Å². The van der Waals surface area contributed by atoms with Crippen LogP contribution in [0.15, 0.2) is 48.5 Å². The van der Waals surface area contributed by atoms with Crippen molar-refractivity contribution in [3.05, 3.63) is 64.9 Å². The molecule has 2 amide bonds. The topological polar surface area (TPSA) is 86.6 Å². The number of benzene rings is 2. The highest BCUT2D eigenvalue weighted by molar-refractivity contribution is 7.89. The van der Waals surface area contributed by atoms with Gasteiger partial charge < -0.3 is 5.32 Å². The first-order valence-electron chi connectivity index (χ1n) is 12.4. The second-order valence-corrected chi connectivity index (χ2v) is 11.8. The van der Waals surface area contributed by atoms with Gasteiger partial charge >= 0.3 is 0 Å². The number of sulfonamides is 1. The molecule has 1 aliphatic heterocycles. The van der Waals surface area contributed by atoms with Crippen molar-refractivity contribution in [1.29, 1.82) is 0 Å². The number of anilines is 1. The second kappa shape index (κ2) is 11.7. The molecule has 0 spiro atoms. The van der Waals surface area contributed by atoms with E-state index in [1.165, 1.54) is 27.4 Å². The monoisotopic (exact) mass is 535 g/mol. The molecule has 10 heteroatoms. The van der Waals surface area contributed by atoms with Crippen molar-refractivity contribution < 1.29 is 22.4 Å². The zero-order valence-corrected chi connectivity index (χ0v) is 21.6. The van der Waals surface area contributed by atoms with Crippen LogP contribution in [0.5, 0.6) is 0 Å². The Morgan fingerprint density at radius 2 is 1.81 bits per heavy atom. The number of hydrogen-bond acceptors (Lipinski definition) is 4. The number of amides is 2. The summed E-state index contributed by atoms with van der Waals surface area (Å²) in [5.74, 6) is -1.60. The van der Waals surface area contributed by atoms with E-state index in [1.54, 1.807) is 30.3 Å².